The minimum atomic E-state index is -3.73. The van der Waals surface area contributed by atoms with Crippen molar-refractivity contribution in [1.29, 1.82) is 0 Å². The van der Waals surface area contributed by atoms with Gasteiger partial charge in [0, 0.05) is 17.0 Å². The van der Waals surface area contributed by atoms with Crippen molar-refractivity contribution >= 4 is 44.0 Å². The number of rotatable bonds is 5. The first kappa shape index (κ1) is 20.8. The summed E-state index contributed by atoms with van der Waals surface area (Å²) in [6.07, 6.45) is 1.49. The van der Waals surface area contributed by atoms with E-state index in [1.165, 1.54) is 6.07 Å². The second kappa shape index (κ2) is 8.73. The Labute approximate surface area is 180 Å². The molecule has 6 nitrogen and oxygen atoms in total. The maximum atomic E-state index is 13.1. The lowest BCUT2D eigenvalue weighted by Crippen LogP contribution is -2.42. The van der Waals surface area contributed by atoms with Crippen LogP contribution in [-0.2, 0) is 10.0 Å². The SMILES string of the molecule is O=C(Nc1ccccc1Cl)c1ccc(S(=O)(=O)NC2CCNCC2)c2ccccc12. The number of hydrogen-bond donors (Lipinski definition) is 3. The standard InChI is InChI=1S/C22H22ClN3O3S/c23-19-7-3-4-8-20(19)25-22(27)18-9-10-21(17-6-2-1-5-16(17)18)30(28,29)26-15-11-13-24-14-12-15/h1-10,15,24,26H,11-14H2,(H,25,27). The summed E-state index contributed by atoms with van der Waals surface area (Å²) < 4.78 is 29.0. The van der Waals surface area contributed by atoms with E-state index < -0.39 is 10.0 Å². The third kappa shape index (κ3) is 4.34. The molecule has 0 aliphatic carbocycles. The Balaban J connectivity index is 1.69. The summed E-state index contributed by atoms with van der Waals surface area (Å²) in [7, 11) is -3.73. The molecule has 1 aliphatic rings. The number of halogens is 1. The average molecular weight is 444 g/mol. The van der Waals surface area contributed by atoms with Crippen LogP contribution in [0.4, 0.5) is 5.69 Å². The topological polar surface area (TPSA) is 87.3 Å². The Morgan fingerprint density at radius 2 is 1.60 bits per heavy atom. The van der Waals surface area contributed by atoms with Crippen LogP contribution in [0.25, 0.3) is 10.8 Å². The second-order valence-corrected chi connectivity index (χ2v) is 9.33. The Hall–Kier alpha value is -2.45. The summed E-state index contributed by atoms with van der Waals surface area (Å²) >= 11 is 6.14. The van der Waals surface area contributed by atoms with Crippen molar-refractivity contribution < 1.29 is 13.2 Å². The highest BCUT2D eigenvalue weighted by Crippen LogP contribution is 2.28. The molecule has 3 aromatic carbocycles. The number of benzene rings is 3. The number of fused-ring (bicyclic) bond motifs is 1. The van der Waals surface area contributed by atoms with Gasteiger partial charge in [0.1, 0.15) is 0 Å². The van der Waals surface area contributed by atoms with Gasteiger partial charge in [-0.15, -0.1) is 0 Å². The van der Waals surface area contributed by atoms with E-state index in [9.17, 15) is 13.2 Å². The van der Waals surface area contributed by atoms with Crippen LogP contribution in [0, 0.1) is 0 Å². The highest BCUT2D eigenvalue weighted by Gasteiger charge is 2.25. The molecule has 3 aromatic rings. The summed E-state index contributed by atoms with van der Waals surface area (Å²) in [5.74, 6) is -0.352. The van der Waals surface area contributed by atoms with Crippen LogP contribution in [0.15, 0.2) is 65.6 Å². The van der Waals surface area contributed by atoms with E-state index in [4.69, 9.17) is 11.6 Å². The molecule has 1 aliphatic heterocycles. The van der Waals surface area contributed by atoms with Crippen LogP contribution < -0.4 is 15.4 Å². The molecule has 8 heteroatoms. The van der Waals surface area contributed by atoms with Crippen molar-refractivity contribution in [2.45, 2.75) is 23.8 Å². The number of carbonyl (C=O) groups is 1. The molecule has 3 N–H and O–H groups in total. The van der Waals surface area contributed by atoms with E-state index in [1.54, 1.807) is 54.6 Å². The lowest BCUT2D eigenvalue weighted by Gasteiger charge is -2.24. The fraction of sp³-hybridized carbons (Fsp3) is 0.227. The van der Waals surface area contributed by atoms with Gasteiger partial charge in [-0.05, 0) is 55.6 Å². The minimum Gasteiger partial charge on any atom is -0.321 e. The zero-order valence-electron chi connectivity index (χ0n) is 16.2. The highest BCUT2D eigenvalue weighted by molar-refractivity contribution is 7.89. The zero-order chi connectivity index (χ0) is 21.1. The molecule has 1 fully saturated rings. The van der Waals surface area contributed by atoms with Crippen molar-refractivity contribution in [3.63, 3.8) is 0 Å². The number of anilines is 1. The van der Waals surface area contributed by atoms with E-state index in [1.807, 2.05) is 0 Å². The highest BCUT2D eigenvalue weighted by atomic mass is 35.5. The zero-order valence-corrected chi connectivity index (χ0v) is 17.8. The molecule has 30 heavy (non-hydrogen) atoms. The van der Waals surface area contributed by atoms with E-state index in [-0.39, 0.29) is 16.8 Å². The summed E-state index contributed by atoms with van der Waals surface area (Å²) in [5, 5.41) is 7.53. The Morgan fingerprint density at radius 1 is 0.933 bits per heavy atom. The van der Waals surface area contributed by atoms with Gasteiger partial charge in [-0.25, -0.2) is 13.1 Å². The fourth-order valence-electron chi connectivity index (χ4n) is 3.68. The van der Waals surface area contributed by atoms with Crippen molar-refractivity contribution in [1.82, 2.24) is 10.0 Å². The Bertz CT molecular complexity index is 1190. The van der Waals surface area contributed by atoms with Crippen molar-refractivity contribution in [3.05, 3.63) is 71.2 Å². The third-order valence-electron chi connectivity index (χ3n) is 5.20. The van der Waals surface area contributed by atoms with Crippen LogP contribution >= 0.6 is 11.6 Å². The molecule has 0 saturated carbocycles. The molecule has 1 heterocycles. The number of para-hydroxylation sites is 1. The van der Waals surface area contributed by atoms with E-state index >= 15 is 0 Å². The molecular formula is C22H22ClN3O3S. The lowest BCUT2D eigenvalue weighted by atomic mass is 10.0. The second-order valence-electron chi connectivity index (χ2n) is 7.24. The van der Waals surface area contributed by atoms with Crippen molar-refractivity contribution in [3.8, 4) is 0 Å². The molecule has 1 saturated heterocycles. The number of amides is 1. The molecular weight excluding hydrogens is 422 g/mol. The fourth-order valence-corrected chi connectivity index (χ4v) is 5.38. The van der Waals surface area contributed by atoms with Crippen LogP contribution in [0.5, 0.6) is 0 Å². The smallest absolute Gasteiger partial charge is 0.256 e. The third-order valence-corrected chi connectivity index (χ3v) is 7.11. The quantitative estimate of drug-likeness (QED) is 0.560. The Kier molecular flexibility index (Phi) is 6.06. The van der Waals surface area contributed by atoms with Gasteiger partial charge in [-0.3, -0.25) is 4.79 Å². The number of nitrogens with one attached hydrogen (secondary N) is 3. The van der Waals surface area contributed by atoms with Gasteiger partial charge in [0.25, 0.3) is 5.91 Å². The number of piperidine rings is 1. The average Bonchev–Trinajstić information content (AvgIpc) is 2.75. The molecule has 0 spiro atoms. The molecule has 0 atom stereocenters. The van der Waals surface area contributed by atoms with Crippen LogP contribution in [0.1, 0.15) is 23.2 Å². The van der Waals surface area contributed by atoms with Gasteiger partial charge in [0.2, 0.25) is 10.0 Å². The van der Waals surface area contributed by atoms with Crippen molar-refractivity contribution in [2.75, 3.05) is 18.4 Å². The Morgan fingerprint density at radius 3 is 2.33 bits per heavy atom. The molecule has 0 radical (unpaired) electrons. The lowest BCUT2D eigenvalue weighted by molar-refractivity contribution is 0.102. The predicted octanol–water partition coefficient (Wildman–Crippen LogP) is 3.78. The molecule has 1 amide bonds. The molecule has 156 valence electrons. The van der Waals surface area contributed by atoms with Crippen LogP contribution in [0.3, 0.4) is 0 Å². The molecule has 0 aromatic heterocycles. The monoisotopic (exact) mass is 443 g/mol. The maximum absolute atomic E-state index is 13.1. The molecule has 0 unspecified atom stereocenters. The van der Waals surface area contributed by atoms with Crippen LogP contribution in [0.2, 0.25) is 5.02 Å². The first-order chi connectivity index (χ1) is 14.5. The van der Waals surface area contributed by atoms with E-state index in [2.05, 4.69) is 15.4 Å². The van der Waals surface area contributed by atoms with E-state index in [0.29, 0.717) is 27.0 Å². The van der Waals surface area contributed by atoms with Gasteiger partial charge in [-0.2, -0.15) is 0 Å². The summed E-state index contributed by atoms with van der Waals surface area (Å²) in [5.41, 5.74) is 0.879. The first-order valence-corrected chi connectivity index (χ1v) is 11.6. The number of sulfonamides is 1. The molecule has 0 bridgehead atoms. The van der Waals surface area contributed by atoms with Gasteiger partial charge in [0.15, 0.2) is 0 Å². The minimum absolute atomic E-state index is 0.0989. The number of hydrogen-bond acceptors (Lipinski definition) is 4. The van der Waals surface area contributed by atoms with Gasteiger partial charge >= 0.3 is 0 Å². The first-order valence-electron chi connectivity index (χ1n) is 9.76. The van der Waals surface area contributed by atoms with Gasteiger partial charge < -0.3 is 10.6 Å². The predicted molar refractivity (Wildman–Crippen MR) is 120 cm³/mol. The van der Waals surface area contributed by atoms with Crippen molar-refractivity contribution in [2.24, 2.45) is 0 Å². The summed E-state index contributed by atoms with van der Waals surface area (Å²) in [6, 6.07) is 16.9. The maximum Gasteiger partial charge on any atom is 0.256 e. The van der Waals surface area contributed by atoms with Gasteiger partial charge in [0.05, 0.1) is 15.6 Å². The summed E-state index contributed by atoms with van der Waals surface area (Å²) in [6.45, 7) is 1.57. The van der Waals surface area contributed by atoms with Gasteiger partial charge in [-0.1, -0.05) is 48.0 Å². The summed E-state index contributed by atoms with van der Waals surface area (Å²) in [4.78, 5) is 13.1. The van der Waals surface area contributed by atoms with E-state index in [0.717, 1.165) is 25.9 Å². The normalized spacial score (nSPS) is 15.2. The largest absolute Gasteiger partial charge is 0.321 e. The molecule has 4 rings (SSSR count). The number of carbonyl (C=O) groups excluding carboxylic acids is 1. The van der Waals surface area contributed by atoms with Crippen LogP contribution in [-0.4, -0.2) is 33.5 Å².